The second-order valence-corrected chi connectivity index (χ2v) is 0.249. The number of hydrogen-bond donors (Lipinski definition) is 2. The van der Waals surface area contributed by atoms with E-state index in [-0.39, 0.29) is 20.3 Å². The molecule has 0 amide bonds. The normalized spacial score (nSPS) is 5.50. The van der Waals surface area contributed by atoms with Gasteiger partial charge < -0.3 is 0 Å². The Morgan fingerprint density at radius 3 is 1.25 bits per heavy atom. The summed E-state index contributed by atoms with van der Waals surface area (Å²) in [5.41, 5.74) is 0. The molecule has 2 N–H and O–H groups in total. The zero-order valence-electron chi connectivity index (χ0n) is 1.57. The summed E-state index contributed by atoms with van der Waals surface area (Å²) in [5, 5.41) is 0. The van der Waals surface area contributed by atoms with E-state index in [4.69, 9.17) is 8.38 Å². The van der Waals surface area contributed by atoms with Gasteiger partial charge in [0, 0.05) is 4.70 Å². The van der Waals surface area contributed by atoms with Gasteiger partial charge in [0.05, 0.1) is 0 Å². The van der Waals surface area contributed by atoms with Gasteiger partial charge in [0.1, 0.15) is 0 Å². The molecule has 0 fully saturated rings. The Labute approximate surface area is 29.6 Å². The van der Waals surface area contributed by atoms with E-state index < -0.39 is 0 Å². The van der Waals surface area contributed by atoms with Crippen LogP contribution in [0.3, 0.4) is 0 Å². The summed E-state index contributed by atoms with van der Waals surface area (Å²) < 4.78 is 14.1. The molecule has 0 spiro atoms. The van der Waals surface area contributed by atoms with Crippen LogP contribution in [-0.2, 0) is 15.6 Å². The van der Waals surface area contributed by atoms with Gasteiger partial charge in [0.2, 0.25) is 0 Å². The van der Waals surface area contributed by atoms with Crippen LogP contribution in [0.4, 0.5) is 4.70 Å². The van der Waals surface area contributed by atoms with Gasteiger partial charge in [0.25, 0.3) is 0 Å². The number of halogens is 1. The van der Waals surface area contributed by atoms with E-state index >= 15 is 0 Å². The Bertz CT molecular complexity index is 6.00. The van der Waals surface area contributed by atoms with Crippen molar-refractivity contribution in [1.29, 1.82) is 0 Å². The van der Waals surface area contributed by atoms with E-state index in [0.717, 1.165) is 0 Å². The standard InChI is InChI=1S/Cu.F.2H2O/h;;2*1H2/q+2;;;/p-2. The van der Waals surface area contributed by atoms with Crippen LogP contribution in [-0.4, -0.2) is 8.38 Å². The third-order valence-corrected chi connectivity index (χ3v) is 0. The SMILES string of the molecule is [F].[OH][Cu][OH]. The summed E-state index contributed by atoms with van der Waals surface area (Å²) in [6.45, 7) is 0. The van der Waals surface area contributed by atoms with Gasteiger partial charge in [-0.2, -0.15) is 0 Å². The summed E-state index contributed by atoms with van der Waals surface area (Å²) in [4.78, 5) is 0. The van der Waals surface area contributed by atoms with Gasteiger partial charge in [-0.05, 0) is 0 Å². The molecule has 2 nitrogen and oxygen atoms in total. The van der Waals surface area contributed by atoms with Crippen LogP contribution in [0.2, 0.25) is 0 Å². The molecule has 0 aliphatic heterocycles. The summed E-state index contributed by atoms with van der Waals surface area (Å²) in [6, 6.07) is 0. The fourth-order valence-electron chi connectivity index (χ4n) is 0. The minimum absolute atomic E-state index is 0. The first-order chi connectivity index (χ1) is 1.41. The van der Waals surface area contributed by atoms with Gasteiger partial charge in [-0.15, -0.1) is 0 Å². The summed E-state index contributed by atoms with van der Waals surface area (Å²) in [7, 11) is 0. The van der Waals surface area contributed by atoms with E-state index in [2.05, 4.69) is 0 Å². The first-order valence-electron chi connectivity index (χ1n) is 0.270. The molecule has 0 aromatic rings. The zero-order chi connectivity index (χ0) is 2.71. The Hall–Kier alpha value is 0.369. The average molecular weight is 117 g/mol. The van der Waals surface area contributed by atoms with Gasteiger partial charge in [0.15, 0.2) is 0 Å². The second-order valence-electron chi connectivity index (χ2n) is 0.0603. The molecule has 0 rings (SSSR count). The molecule has 32 valence electrons. The molecule has 0 unspecified atom stereocenters. The van der Waals surface area contributed by atoms with E-state index in [1.165, 1.54) is 0 Å². The molecule has 0 heterocycles. The van der Waals surface area contributed by atoms with Crippen molar-refractivity contribution in [2.45, 2.75) is 0 Å². The first-order valence-corrected chi connectivity index (χ1v) is 1.11. The summed E-state index contributed by atoms with van der Waals surface area (Å²) in [5.74, 6) is 0. The molecule has 0 aromatic carbocycles. The van der Waals surface area contributed by atoms with E-state index in [1.807, 2.05) is 0 Å². The van der Waals surface area contributed by atoms with Crippen molar-refractivity contribution in [2.75, 3.05) is 0 Å². The van der Waals surface area contributed by atoms with Crippen LogP contribution in [0.15, 0.2) is 0 Å². The van der Waals surface area contributed by atoms with Crippen LogP contribution in [0.25, 0.3) is 0 Å². The average Bonchev–Trinajstić information content (AvgIpc) is 0.918. The maximum atomic E-state index is 7.03. The van der Waals surface area contributed by atoms with Crippen LogP contribution in [0.5, 0.6) is 0 Å². The molecule has 0 aliphatic carbocycles. The van der Waals surface area contributed by atoms with Gasteiger partial charge in [-0.25, -0.2) is 0 Å². The molecule has 0 bridgehead atoms. The van der Waals surface area contributed by atoms with Crippen molar-refractivity contribution in [3.05, 3.63) is 0 Å². The Balaban J connectivity index is 0. The second kappa shape index (κ2) is 10.1. The zero-order valence-corrected chi connectivity index (χ0v) is 2.52. The van der Waals surface area contributed by atoms with Gasteiger partial charge in [-0.1, -0.05) is 0 Å². The first kappa shape index (κ1) is 8.84. The number of hydrogen-bond acceptors (Lipinski definition) is 2. The topological polar surface area (TPSA) is 40.5 Å². The number of rotatable bonds is 0. The van der Waals surface area contributed by atoms with Crippen molar-refractivity contribution < 1.29 is 28.7 Å². The fourth-order valence-corrected chi connectivity index (χ4v) is 0. The third-order valence-electron chi connectivity index (χ3n) is 0. The van der Waals surface area contributed by atoms with Crippen molar-refractivity contribution >= 4 is 0 Å². The third kappa shape index (κ3) is 32.6. The van der Waals surface area contributed by atoms with Crippen LogP contribution >= 0.6 is 0 Å². The van der Waals surface area contributed by atoms with Crippen molar-refractivity contribution in [3.8, 4) is 0 Å². The predicted molar refractivity (Wildman–Crippen MR) is 5.55 cm³/mol. The Morgan fingerprint density at radius 2 is 1.25 bits per heavy atom. The van der Waals surface area contributed by atoms with E-state index in [0.29, 0.717) is 0 Å². The van der Waals surface area contributed by atoms with Gasteiger partial charge >= 0.3 is 24.0 Å². The summed E-state index contributed by atoms with van der Waals surface area (Å²) >= 11 is -0.188. The van der Waals surface area contributed by atoms with Crippen LogP contribution < -0.4 is 0 Å². The molecular formula is H2CuFO2. The van der Waals surface area contributed by atoms with Crippen molar-refractivity contribution in [1.82, 2.24) is 0 Å². The molecule has 0 aliphatic rings. The predicted octanol–water partition coefficient (Wildman–Crippen LogP) is -0.696. The molecule has 0 saturated carbocycles. The molecule has 1 radical (unpaired) electrons. The molecule has 4 heteroatoms. The van der Waals surface area contributed by atoms with Crippen LogP contribution in [0.1, 0.15) is 0 Å². The van der Waals surface area contributed by atoms with E-state index in [9.17, 15) is 0 Å². The summed E-state index contributed by atoms with van der Waals surface area (Å²) in [6.07, 6.45) is 0. The van der Waals surface area contributed by atoms with Crippen LogP contribution in [0, 0.1) is 0 Å². The molecule has 0 atom stereocenters. The fraction of sp³-hybridized carbons (Fsp3) is 0. The monoisotopic (exact) mass is 116 g/mol. The quantitative estimate of drug-likeness (QED) is 0.411. The Kier molecular flexibility index (Phi) is 22.3. The van der Waals surface area contributed by atoms with Crippen molar-refractivity contribution in [3.63, 3.8) is 0 Å². The Morgan fingerprint density at radius 1 is 1.25 bits per heavy atom. The van der Waals surface area contributed by atoms with Crippen molar-refractivity contribution in [2.24, 2.45) is 0 Å². The van der Waals surface area contributed by atoms with Gasteiger partial charge in [-0.3, -0.25) is 0 Å². The minimum atomic E-state index is -0.188. The molecular weight excluding hydrogens is 115 g/mol. The molecule has 0 aromatic heterocycles. The maximum absolute atomic E-state index is 7.03. The van der Waals surface area contributed by atoms with E-state index in [1.54, 1.807) is 0 Å². The molecule has 0 saturated heterocycles. The molecule has 4 heavy (non-hydrogen) atoms.